The van der Waals surface area contributed by atoms with Crippen LogP contribution in [0.15, 0.2) is 29.2 Å². The van der Waals surface area contributed by atoms with Crippen LogP contribution in [0.25, 0.3) is 0 Å². The number of sulfonamides is 1. The highest BCUT2D eigenvalue weighted by atomic mass is 32.2. The maximum atomic E-state index is 12.0. The highest BCUT2D eigenvalue weighted by molar-refractivity contribution is 8.00. The summed E-state index contributed by atoms with van der Waals surface area (Å²) < 4.78 is 61.9. The van der Waals surface area contributed by atoms with Crippen LogP contribution in [-0.2, 0) is 16.6 Å². The fourth-order valence-corrected chi connectivity index (χ4v) is 3.18. The lowest BCUT2D eigenvalue weighted by molar-refractivity contribution is -0.0327. The molecule has 1 aromatic carbocycles. The number of rotatable bonds is 8. The van der Waals surface area contributed by atoms with Crippen LogP contribution in [0.1, 0.15) is 12.5 Å². The van der Waals surface area contributed by atoms with E-state index in [1.54, 1.807) is 12.1 Å². The summed E-state index contributed by atoms with van der Waals surface area (Å²) in [6, 6.07) is 6.30. The first-order valence-electron chi connectivity index (χ1n) is 6.24. The summed E-state index contributed by atoms with van der Waals surface area (Å²) in [5.41, 5.74) is -3.55. The molecular weight excluding hydrogens is 325 g/mol. The molecule has 0 saturated heterocycles. The highest BCUT2D eigenvalue weighted by Crippen LogP contribution is 2.29. The smallest absolute Gasteiger partial charge is 0.313 e. The van der Waals surface area contributed by atoms with Crippen molar-refractivity contribution in [3.8, 4) is 0 Å². The van der Waals surface area contributed by atoms with Gasteiger partial charge in [-0.3, -0.25) is 0 Å². The van der Waals surface area contributed by atoms with Crippen molar-refractivity contribution in [1.82, 2.24) is 10.0 Å². The fraction of sp³-hybridized carbons (Fsp3) is 0.500. The molecular formula is C12H17F3N2O2S2. The molecule has 2 N–H and O–H groups in total. The summed E-state index contributed by atoms with van der Waals surface area (Å²) >= 11 is -0.253. The van der Waals surface area contributed by atoms with Crippen molar-refractivity contribution >= 4 is 21.8 Å². The maximum Gasteiger partial charge on any atom is 0.441 e. The molecule has 1 rings (SSSR count). The van der Waals surface area contributed by atoms with Crippen LogP contribution in [0, 0.1) is 0 Å². The van der Waals surface area contributed by atoms with Crippen LogP contribution >= 0.6 is 11.8 Å². The van der Waals surface area contributed by atoms with Crippen LogP contribution in [0.4, 0.5) is 13.2 Å². The number of nitrogens with one attached hydrogen (secondary N) is 2. The van der Waals surface area contributed by atoms with E-state index in [4.69, 9.17) is 0 Å². The minimum absolute atomic E-state index is 0.0508. The van der Waals surface area contributed by atoms with Gasteiger partial charge in [0.1, 0.15) is 0 Å². The summed E-state index contributed by atoms with van der Waals surface area (Å²) in [4.78, 5) is 0.0508. The number of hydrogen-bond donors (Lipinski definition) is 2. The van der Waals surface area contributed by atoms with Crippen LogP contribution in [0.3, 0.4) is 0 Å². The number of benzene rings is 1. The van der Waals surface area contributed by atoms with Gasteiger partial charge in [0.25, 0.3) is 0 Å². The first-order chi connectivity index (χ1) is 9.74. The fourth-order valence-electron chi connectivity index (χ4n) is 1.52. The lowest BCUT2D eigenvalue weighted by atomic mass is 10.2. The zero-order valence-electron chi connectivity index (χ0n) is 11.4. The lowest BCUT2D eigenvalue weighted by Crippen LogP contribution is -2.27. The van der Waals surface area contributed by atoms with Gasteiger partial charge in [0.15, 0.2) is 0 Å². The molecule has 0 fully saturated rings. The molecule has 0 spiro atoms. The Morgan fingerprint density at radius 2 is 2.00 bits per heavy atom. The molecule has 1 aromatic rings. The van der Waals surface area contributed by atoms with E-state index in [9.17, 15) is 21.6 Å². The maximum absolute atomic E-state index is 12.0. The first-order valence-corrected chi connectivity index (χ1v) is 8.71. The number of alkyl halides is 3. The molecule has 9 heteroatoms. The Labute approximate surface area is 126 Å². The van der Waals surface area contributed by atoms with Gasteiger partial charge >= 0.3 is 5.51 Å². The molecule has 0 aliphatic carbocycles. The van der Waals surface area contributed by atoms with E-state index in [0.29, 0.717) is 6.54 Å². The number of thioether (sulfide) groups is 1. The molecule has 0 unspecified atom stereocenters. The predicted octanol–water partition coefficient (Wildman–Crippen LogP) is 2.33. The van der Waals surface area contributed by atoms with Crippen LogP contribution < -0.4 is 10.0 Å². The first kappa shape index (κ1) is 18.3. The summed E-state index contributed by atoms with van der Waals surface area (Å²) in [6.45, 7) is 2.94. The van der Waals surface area contributed by atoms with Gasteiger partial charge in [-0.1, -0.05) is 19.1 Å². The van der Waals surface area contributed by atoms with Gasteiger partial charge in [0, 0.05) is 18.8 Å². The summed E-state index contributed by atoms with van der Waals surface area (Å²) in [7, 11) is -3.78. The molecule has 0 aliphatic rings. The van der Waals surface area contributed by atoms with Gasteiger partial charge in [-0.25, -0.2) is 13.1 Å². The summed E-state index contributed by atoms with van der Waals surface area (Å²) in [5.74, 6) is -0.361. The van der Waals surface area contributed by atoms with Crippen molar-refractivity contribution in [3.05, 3.63) is 29.8 Å². The van der Waals surface area contributed by atoms with E-state index in [2.05, 4.69) is 10.0 Å². The molecule has 0 radical (unpaired) electrons. The van der Waals surface area contributed by atoms with Gasteiger partial charge in [-0.2, -0.15) is 13.2 Å². The zero-order chi connectivity index (χ0) is 15.9. The van der Waals surface area contributed by atoms with E-state index in [1.807, 2.05) is 6.92 Å². The Morgan fingerprint density at radius 1 is 1.29 bits per heavy atom. The van der Waals surface area contributed by atoms with Crippen LogP contribution in [0.2, 0.25) is 0 Å². The van der Waals surface area contributed by atoms with Crippen molar-refractivity contribution in [3.63, 3.8) is 0 Å². The molecule has 0 aliphatic heterocycles. The van der Waals surface area contributed by atoms with E-state index in [-0.39, 0.29) is 29.0 Å². The second-order valence-electron chi connectivity index (χ2n) is 4.12. The van der Waals surface area contributed by atoms with Gasteiger partial charge in [-0.05, 0) is 36.0 Å². The van der Waals surface area contributed by atoms with Crippen molar-refractivity contribution < 1.29 is 21.6 Å². The average molecular weight is 342 g/mol. The second kappa shape index (κ2) is 8.02. The minimum atomic E-state index is -4.35. The minimum Gasteiger partial charge on any atom is -0.313 e. The lowest BCUT2D eigenvalue weighted by Gasteiger charge is -2.09. The normalized spacial score (nSPS) is 12.6. The highest BCUT2D eigenvalue weighted by Gasteiger charge is 2.27. The number of hydrogen-bond acceptors (Lipinski definition) is 4. The van der Waals surface area contributed by atoms with E-state index in [1.165, 1.54) is 12.1 Å². The molecule has 21 heavy (non-hydrogen) atoms. The Balaban J connectivity index is 2.61. The zero-order valence-corrected chi connectivity index (χ0v) is 13.0. The van der Waals surface area contributed by atoms with Gasteiger partial charge < -0.3 is 5.32 Å². The largest absolute Gasteiger partial charge is 0.441 e. The molecule has 120 valence electrons. The molecule has 0 aromatic heterocycles. The summed E-state index contributed by atoms with van der Waals surface area (Å²) in [5, 5.41) is 3.07. The standard InChI is InChI=1S/C12H17F3N2O2S2/c1-2-16-9-10-4-3-5-11(8-10)21(18,19)17-6-7-20-12(13,14)15/h3-5,8,16-17H,2,6-7,9H2,1H3. The molecule has 4 nitrogen and oxygen atoms in total. The Kier molecular flexibility index (Phi) is 6.98. The van der Waals surface area contributed by atoms with Crippen molar-refractivity contribution in [2.24, 2.45) is 0 Å². The molecule has 0 bridgehead atoms. The third-order valence-electron chi connectivity index (χ3n) is 2.45. The Morgan fingerprint density at radius 3 is 2.62 bits per heavy atom. The van der Waals surface area contributed by atoms with Gasteiger partial charge in [0.05, 0.1) is 4.90 Å². The van der Waals surface area contributed by atoms with Crippen molar-refractivity contribution in [2.75, 3.05) is 18.8 Å². The Hall–Kier alpha value is -0.770. The summed E-state index contributed by atoms with van der Waals surface area (Å²) in [6.07, 6.45) is 0. The SMILES string of the molecule is CCNCc1cccc(S(=O)(=O)NCCSC(F)(F)F)c1. The third-order valence-corrected chi connectivity index (χ3v) is 4.64. The van der Waals surface area contributed by atoms with Crippen molar-refractivity contribution in [1.29, 1.82) is 0 Å². The van der Waals surface area contributed by atoms with E-state index in [0.717, 1.165) is 12.1 Å². The van der Waals surface area contributed by atoms with Gasteiger partial charge in [0.2, 0.25) is 10.0 Å². The van der Waals surface area contributed by atoms with E-state index < -0.39 is 15.5 Å². The number of halogens is 3. The molecule has 0 heterocycles. The van der Waals surface area contributed by atoms with E-state index >= 15 is 0 Å². The third kappa shape index (κ3) is 7.16. The van der Waals surface area contributed by atoms with Gasteiger partial charge in [-0.15, -0.1) is 0 Å². The Bertz CT molecular complexity index is 548. The molecule has 0 atom stereocenters. The average Bonchev–Trinajstić information content (AvgIpc) is 2.41. The monoisotopic (exact) mass is 342 g/mol. The second-order valence-corrected chi connectivity index (χ2v) is 7.05. The quantitative estimate of drug-likeness (QED) is 0.712. The molecule has 0 saturated carbocycles. The molecule has 0 amide bonds. The predicted molar refractivity (Wildman–Crippen MR) is 77.5 cm³/mol. The van der Waals surface area contributed by atoms with Crippen LogP contribution in [0.5, 0.6) is 0 Å². The van der Waals surface area contributed by atoms with Crippen molar-refractivity contribution in [2.45, 2.75) is 23.9 Å². The van der Waals surface area contributed by atoms with Crippen LogP contribution in [-0.4, -0.2) is 32.8 Å². The topological polar surface area (TPSA) is 58.2 Å².